The molecule has 7 nitrogen and oxygen atoms in total. The lowest BCUT2D eigenvalue weighted by atomic mass is 9.93. The molecule has 0 radical (unpaired) electrons. The van der Waals surface area contributed by atoms with Crippen molar-refractivity contribution in [3.05, 3.63) is 6.33 Å². The molecule has 0 atom stereocenters. The van der Waals surface area contributed by atoms with E-state index in [1.54, 1.807) is 6.33 Å². The smallest absolute Gasteiger partial charge is 0.226 e. The second kappa shape index (κ2) is 6.26. The highest BCUT2D eigenvalue weighted by Gasteiger charge is 2.21. The van der Waals surface area contributed by atoms with E-state index in [2.05, 4.69) is 37.5 Å². The molecule has 7 heteroatoms. The van der Waals surface area contributed by atoms with Crippen LogP contribution in [0.3, 0.4) is 0 Å². The van der Waals surface area contributed by atoms with Gasteiger partial charge in [0, 0.05) is 12.6 Å². The summed E-state index contributed by atoms with van der Waals surface area (Å²) in [6.45, 7) is 2.94. The zero-order valence-electron chi connectivity index (χ0n) is 12.3. The van der Waals surface area contributed by atoms with Gasteiger partial charge in [-0.05, 0) is 32.1 Å². The van der Waals surface area contributed by atoms with Crippen molar-refractivity contribution in [1.29, 1.82) is 0 Å². The van der Waals surface area contributed by atoms with Crippen molar-refractivity contribution in [3.8, 4) is 0 Å². The number of aliphatic hydroxyl groups excluding tert-OH is 1. The summed E-state index contributed by atoms with van der Waals surface area (Å²) in [6.07, 6.45) is 6.11. The first-order valence-corrected chi connectivity index (χ1v) is 7.66. The Hall–Kier alpha value is -1.89. The van der Waals surface area contributed by atoms with Crippen molar-refractivity contribution >= 4 is 22.9 Å². The van der Waals surface area contributed by atoms with E-state index in [1.807, 2.05) is 0 Å². The SMILES string of the molecule is CCCNc1nc(NC2CCC(O)CC2)c2[nH]cnc2n1. The molecular weight excluding hydrogens is 268 g/mol. The van der Waals surface area contributed by atoms with Gasteiger partial charge >= 0.3 is 0 Å². The van der Waals surface area contributed by atoms with E-state index in [4.69, 9.17) is 0 Å². The Bertz CT molecular complexity index is 590. The molecule has 0 unspecified atom stereocenters. The minimum atomic E-state index is -0.151. The quantitative estimate of drug-likeness (QED) is 0.671. The van der Waals surface area contributed by atoms with Gasteiger partial charge in [-0.2, -0.15) is 9.97 Å². The van der Waals surface area contributed by atoms with Crippen molar-refractivity contribution in [2.24, 2.45) is 0 Å². The first kappa shape index (κ1) is 14.1. The van der Waals surface area contributed by atoms with E-state index in [9.17, 15) is 5.11 Å². The van der Waals surface area contributed by atoms with E-state index in [0.717, 1.165) is 50.0 Å². The number of fused-ring (bicyclic) bond motifs is 1. The number of hydrogen-bond donors (Lipinski definition) is 4. The number of aromatic nitrogens is 4. The molecule has 1 saturated carbocycles. The highest BCUT2D eigenvalue weighted by atomic mass is 16.3. The normalized spacial score (nSPS) is 22.4. The Morgan fingerprint density at radius 3 is 2.86 bits per heavy atom. The first-order chi connectivity index (χ1) is 10.3. The van der Waals surface area contributed by atoms with Crippen LogP contribution in [-0.2, 0) is 0 Å². The van der Waals surface area contributed by atoms with Gasteiger partial charge in [-0.15, -0.1) is 0 Å². The van der Waals surface area contributed by atoms with Crippen LogP contribution in [0.25, 0.3) is 11.2 Å². The molecule has 4 N–H and O–H groups in total. The minimum absolute atomic E-state index is 0.151. The summed E-state index contributed by atoms with van der Waals surface area (Å²) in [5, 5.41) is 16.3. The third-order valence-corrected chi connectivity index (χ3v) is 3.86. The Kier molecular flexibility index (Phi) is 4.19. The van der Waals surface area contributed by atoms with Gasteiger partial charge in [-0.3, -0.25) is 0 Å². The van der Waals surface area contributed by atoms with Crippen LogP contribution in [0.5, 0.6) is 0 Å². The van der Waals surface area contributed by atoms with E-state index in [0.29, 0.717) is 17.6 Å². The molecule has 0 amide bonds. The fraction of sp³-hybridized carbons (Fsp3) is 0.643. The molecule has 2 aromatic heterocycles. The van der Waals surface area contributed by atoms with Crippen LogP contribution in [-0.4, -0.2) is 43.7 Å². The molecule has 0 aliphatic heterocycles. The summed E-state index contributed by atoms with van der Waals surface area (Å²) in [5.41, 5.74) is 1.50. The summed E-state index contributed by atoms with van der Waals surface area (Å²) in [5.74, 6) is 1.40. The average Bonchev–Trinajstić information content (AvgIpc) is 2.96. The maximum atomic E-state index is 9.59. The van der Waals surface area contributed by atoms with E-state index in [-0.39, 0.29) is 6.10 Å². The number of nitrogens with one attached hydrogen (secondary N) is 3. The number of aliphatic hydroxyl groups is 1. The van der Waals surface area contributed by atoms with Gasteiger partial charge in [-0.25, -0.2) is 4.98 Å². The molecule has 0 aromatic carbocycles. The van der Waals surface area contributed by atoms with E-state index in [1.165, 1.54) is 0 Å². The lowest BCUT2D eigenvalue weighted by Crippen LogP contribution is -2.28. The molecule has 2 heterocycles. The van der Waals surface area contributed by atoms with Gasteiger partial charge in [0.25, 0.3) is 0 Å². The Morgan fingerprint density at radius 1 is 1.29 bits per heavy atom. The number of imidazole rings is 1. The van der Waals surface area contributed by atoms with Crippen molar-refractivity contribution < 1.29 is 5.11 Å². The fourth-order valence-corrected chi connectivity index (χ4v) is 2.67. The number of rotatable bonds is 5. The van der Waals surface area contributed by atoms with Gasteiger partial charge in [0.1, 0.15) is 5.52 Å². The maximum absolute atomic E-state index is 9.59. The Morgan fingerprint density at radius 2 is 2.10 bits per heavy atom. The van der Waals surface area contributed by atoms with Crippen molar-refractivity contribution in [2.45, 2.75) is 51.2 Å². The largest absolute Gasteiger partial charge is 0.393 e. The third kappa shape index (κ3) is 3.24. The van der Waals surface area contributed by atoms with Crippen molar-refractivity contribution in [3.63, 3.8) is 0 Å². The van der Waals surface area contributed by atoms with Gasteiger partial charge in [-0.1, -0.05) is 6.92 Å². The number of H-pyrrole nitrogens is 1. The van der Waals surface area contributed by atoms with Crippen LogP contribution in [0.15, 0.2) is 6.33 Å². The van der Waals surface area contributed by atoms with Gasteiger partial charge in [0.2, 0.25) is 5.95 Å². The minimum Gasteiger partial charge on any atom is -0.393 e. The summed E-state index contributed by atoms with van der Waals surface area (Å²) < 4.78 is 0. The van der Waals surface area contributed by atoms with Crippen molar-refractivity contribution in [2.75, 3.05) is 17.2 Å². The predicted octanol–water partition coefficient (Wildman–Crippen LogP) is 1.89. The zero-order chi connectivity index (χ0) is 14.7. The summed E-state index contributed by atoms with van der Waals surface area (Å²) in [7, 11) is 0. The van der Waals surface area contributed by atoms with E-state index >= 15 is 0 Å². The van der Waals surface area contributed by atoms with Crippen LogP contribution in [0.4, 0.5) is 11.8 Å². The number of aromatic amines is 1. The molecule has 1 aliphatic carbocycles. The van der Waals surface area contributed by atoms with Crippen LogP contribution in [0.2, 0.25) is 0 Å². The van der Waals surface area contributed by atoms with Gasteiger partial charge in [0.15, 0.2) is 11.5 Å². The molecule has 0 bridgehead atoms. The van der Waals surface area contributed by atoms with Gasteiger partial charge < -0.3 is 20.7 Å². The predicted molar refractivity (Wildman–Crippen MR) is 82.3 cm³/mol. The monoisotopic (exact) mass is 290 g/mol. The lowest BCUT2D eigenvalue weighted by molar-refractivity contribution is 0.126. The molecule has 1 aliphatic rings. The number of nitrogens with zero attached hydrogens (tertiary/aromatic N) is 3. The topological polar surface area (TPSA) is 98.8 Å². The van der Waals surface area contributed by atoms with Crippen LogP contribution in [0.1, 0.15) is 39.0 Å². The Labute approximate surface area is 123 Å². The highest BCUT2D eigenvalue weighted by Crippen LogP contribution is 2.25. The molecule has 3 rings (SSSR count). The standard InChI is InChI=1S/C14H22N6O/c1-2-7-15-14-19-12-11(16-8-17-12)13(20-14)18-9-3-5-10(21)6-4-9/h8-10,21H,2-7H2,1H3,(H3,15,16,17,18,19,20). The first-order valence-electron chi connectivity index (χ1n) is 7.66. The van der Waals surface area contributed by atoms with Crippen LogP contribution < -0.4 is 10.6 Å². The summed E-state index contributed by atoms with van der Waals surface area (Å²) in [6, 6.07) is 0.342. The fourth-order valence-electron chi connectivity index (χ4n) is 2.67. The molecule has 0 spiro atoms. The second-order valence-electron chi connectivity index (χ2n) is 5.57. The molecule has 21 heavy (non-hydrogen) atoms. The maximum Gasteiger partial charge on any atom is 0.226 e. The zero-order valence-corrected chi connectivity index (χ0v) is 12.3. The van der Waals surface area contributed by atoms with Gasteiger partial charge in [0.05, 0.1) is 12.4 Å². The molecule has 0 saturated heterocycles. The summed E-state index contributed by atoms with van der Waals surface area (Å²) >= 11 is 0. The van der Waals surface area contributed by atoms with Crippen molar-refractivity contribution in [1.82, 2.24) is 19.9 Å². The third-order valence-electron chi connectivity index (χ3n) is 3.86. The highest BCUT2D eigenvalue weighted by molar-refractivity contribution is 5.83. The molecular formula is C14H22N6O. The Balaban J connectivity index is 1.80. The summed E-state index contributed by atoms with van der Waals surface area (Å²) in [4.78, 5) is 16.3. The lowest BCUT2D eigenvalue weighted by Gasteiger charge is -2.26. The average molecular weight is 290 g/mol. The van der Waals surface area contributed by atoms with Crippen LogP contribution in [0, 0.1) is 0 Å². The number of hydrogen-bond acceptors (Lipinski definition) is 6. The second-order valence-corrected chi connectivity index (χ2v) is 5.57. The molecule has 114 valence electrons. The van der Waals surface area contributed by atoms with E-state index < -0.39 is 0 Å². The van der Waals surface area contributed by atoms with Crippen LogP contribution >= 0.6 is 0 Å². The molecule has 2 aromatic rings. The number of anilines is 2. The molecule has 1 fully saturated rings.